The molecule has 4 heteroatoms. The lowest BCUT2D eigenvalue weighted by Gasteiger charge is -2.17. The molecule has 3 N–H and O–H groups in total. The zero-order chi connectivity index (χ0) is 8.53. The first-order chi connectivity index (χ1) is 5.35. The Hall–Kier alpha value is 0.170. The molecule has 0 aromatic rings. The van der Waals surface area contributed by atoms with Gasteiger partial charge in [-0.25, -0.2) is 0 Å². The molecule has 0 fully saturated rings. The van der Waals surface area contributed by atoms with Crippen molar-refractivity contribution in [3.8, 4) is 0 Å². The summed E-state index contributed by atoms with van der Waals surface area (Å²) in [6.45, 7) is 10.5. The van der Waals surface area contributed by atoms with Gasteiger partial charge >= 0.3 is 0 Å². The summed E-state index contributed by atoms with van der Waals surface area (Å²) in [6, 6.07) is 0. The highest BCUT2D eigenvalue weighted by Gasteiger charge is 1.95. The third-order valence-electron chi connectivity index (χ3n) is 1.82. The monoisotopic (exact) mass is 195 g/mol. The van der Waals surface area contributed by atoms with E-state index in [0.29, 0.717) is 0 Å². The number of nitrogens with two attached hydrogens (primary N) is 1. The van der Waals surface area contributed by atoms with Crippen LogP contribution < -0.4 is 11.1 Å². The Morgan fingerprint density at radius 3 is 2.17 bits per heavy atom. The van der Waals surface area contributed by atoms with Crippen LogP contribution in [0.3, 0.4) is 0 Å². The number of likely N-dealkylation sites (N-methyl/N-ethyl adjacent to an activating group) is 1. The molecule has 0 spiro atoms. The Kier molecular flexibility index (Phi) is 13.7. The number of hydrogen-bond donors (Lipinski definition) is 2. The van der Waals surface area contributed by atoms with Gasteiger partial charge in [-0.05, 0) is 13.1 Å². The summed E-state index contributed by atoms with van der Waals surface area (Å²) in [5.41, 5.74) is 5.33. The van der Waals surface area contributed by atoms with E-state index in [-0.39, 0.29) is 12.4 Å². The molecule has 0 saturated heterocycles. The van der Waals surface area contributed by atoms with Gasteiger partial charge in [-0.2, -0.15) is 0 Å². The van der Waals surface area contributed by atoms with Crippen molar-refractivity contribution in [2.45, 2.75) is 13.8 Å². The van der Waals surface area contributed by atoms with Crippen molar-refractivity contribution < 1.29 is 0 Å². The van der Waals surface area contributed by atoms with Crippen LogP contribution in [-0.4, -0.2) is 44.2 Å². The highest BCUT2D eigenvalue weighted by atomic mass is 35.5. The molecule has 0 aliphatic heterocycles. The fourth-order valence-corrected chi connectivity index (χ4v) is 1.00. The Bertz CT molecular complexity index is 76.7. The van der Waals surface area contributed by atoms with E-state index in [4.69, 9.17) is 5.73 Å². The van der Waals surface area contributed by atoms with Crippen molar-refractivity contribution >= 4 is 12.4 Å². The summed E-state index contributed by atoms with van der Waals surface area (Å²) >= 11 is 0. The molecule has 0 bridgehead atoms. The average Bonchev–Trinajstić information content (AvgIpc) is 2.05. The van der Waals surface area contributed by atoms with E-state index in [1.807, 2.05) is 0 Å². The summed E-state index contributed by atoms with van der Waals surface area (Å²) in [6.07, 6.45) is 0. The van der Waals surface area contributed by atoms with Crippen molar-refractivity contribution in [1.82, 2.24) is 10.2 Å². The molecule has 76 valence electrons. The standard InChI is InChI=1S/C8H21N3.ClH/c1-3-11(4-2)8-7-10-6-5-9;/h10H,3-9H2,1-2H3;1H. The smallest absolute Gasteiger partial charge is 0.0107 e. The normalized spacial score (nSPS) is 10.0. The molecule has 0 radical (unpaired) electrons. The lowest BCUT2D eigenvalue weighted by molar-refractivity contribution is 0.303. The average molecular weight is 196 g/mol. The second kappa shape index (κ2) is 11.2. The summed E-state index contributed by atoms with van der Waals surface area (Å²) in [7, 11) is 0. The van der Waals surface area contributed by atoms with Gasteiger partial charge in [-0.15, -0.1) is 12.4 Å². The number of hydrogen-bond acceptors (Lipinski definition) is 3. The molecule has 0 amide bonds. The molecular formula is C8H22ClN3. The maximum Gasteiger partial charge on any atom is 0.0107 e. The van der Waals surface area contributed by atoms with E-state index in [9.17, 15) is 0 Å². The van der Waals surface area contributed by atoms with E-state index >= 15 is 0 Å². The molecule has 12 heavy (non-hydrogen) atoms. The first-order valence-electron chi connectivity index (χ1n) is 4.48. The molecular weight excluding hydrogens is 174 g/mol. The van der Waals surface area contributed by atoms with Crippen LogP contribution in [0.5, 0.6) is 0 Å². The second-order valence-electron chi connectivity index (χ2n) is 2.57. The third kappa shape index (κ3) is 8.27. The zero-order valence-electron chi connectivity index (χ0n) is 8.18. The molecule has 0 heterocycles. The molecule has 0 aromatic heterocycles. The van der Waals surface area contributed by atoms with Gasteiger partial charge in [-0.1, -0.05) is 13.8 Å². The van der Waals surface area contributed by atoms with Crippen LogP contribution >= 0.6 is 12.4 Å². The first kappa shape index (κ1) is 14.7. The third-order valence-corrected chi connectivity index (χ3v) is 1.82. The molecule has 0 atom stereocenters. The maximum atomic E-state index is 5.33. The summed E-state index contributed by atoms with van der Waals surface area (Å²) < 4.78 is 0. The van der Waals surface area contributed by atoms with Gasteiger partial charge in [-0.3, -0.25) is 0 Å². The van der Waals surface area contributed by atoms with Crippen LogP contribution in [-0.2, 0) is 0 Å². The van der Waals surface area contributed by atoms with Gasteiger partial charge in [0.05, 0.1) is 0 Å². The van der Waals surface area contributed by atoms with Gasteiger partial charge in [0, 0.05) is 26.2 Å². The largest absolute Gasteiger partial charge is 0.329 e. The van der Waals surface area contributed by atoms with Crippen molar-refractivity contribution in [3.05, 3.63) is 0 Å². The van der Waals surface area contributed by atoms with Crippen LogP contribution in [0.4, 0.5) is 0 Å². The van der Waals surface area contributed by atoms with Gasteiger partial charge in [0.15, 0.2) is 0 Å². The van der Waals surface area contributed by atoms with Crippen molar-refractivity contribution in [2.24, 2.45) is 5.73 Å². The number of rotatable bonds is 7. The van der Waals surface area contributed by atoms with Crippen LogP contribution in [0.25, 0.3) is 0 Å². The van der Waals surface area contributed by atoms with Gasteiger partial charge < -0.3 is 16.0 Å². The number of halogens is 1. The molecule has 0 saturated carbocycles. The molecule has 0 aliphatic carbocycles. The number of nitrogens with one attached hydrogen (secondary N) is 1. The van der Waals surface area contributed by atoms with Crippen LogP contribution in [0.1, 0.15) is 13.8 Å². The summed E-state index contributed by atoms with van der Waals surface area (Å²) in [5.74, 6) is 0. The van der Waals surface area contributed by atoms with Gasteiger partial charge in [0.1, 0.15) is 0 Å². The Labute approximate surface area is 82.1 Å². The quantitative estimate of drug-likeness (QED) is 0.575. The topological polar surface area (TPSA) is 41.3 Å². The van der Waals surface area contributed by atoms with Crippen LogP contribution in [0, 0.1) is 0 Å². The molecule has 0 aromatic carbocycles. The Morgan fingerprint density at radius 1 is 1.17 bits per heavy atom. The first-order valence-corrected chi connectivity index (χ1v) is 4.48. The minimum absolute atomic E-state index is 0. The fraction of sp³-hybridized carbons (Fsp3) is 1.00. The highest BCUT2D eigenvalue weighted by molar-refractivity contribution is 5.85. The maximum absolute atomic E-state index is 5.33. The zero-order valence-corrected chi connectivity index (χ0v) is 8.99. The molecule has 0 rings (SSSR count). The van der Waals surface area contributed by atoms with E-state index in [2.05, 4.69) is 24.1 Å². The Morgan fingerprint density at radius 2 is 1.75 bits per heavy atom. The van der Waals surface area contributed by atoms with E-state index in [0.717, 1.165) is 39.3 Å². The predicted octanol–water partition coefficient (Wildman–Crippen LogP) is 0.298. The van der Waals surface area contributed by atoms with Gasteiger partial charge in [0.2, 0.25) is 0 Å². The van der Waals surface area contributed by atoms with E-state index in [1.165, 1.54) is 0 Å². The Balaban J connectivity index is 0. The summed E-state index contributed by atoms with van der Waals surface area (Å²) in [5, 5.41) is 3.27. The van der Waals surface area contributed by atoms with Crippen molar-refractivity contribution in [3.63, 3.8) is 0 Å². The lowest BCUT2D eigenvalue weighted by Crippen LogP contribution is -2.33. The highest BCUT2D eigenvalue weighted by Crippen LogP contribution is 1.83. The molecule has 0 unspecified atom stereocenters. The van der Waals surface area contributed by atoms with Crippen LogP contribution in [0.2, 0.25) is 0 Å². The van der Waals surface area contributed by atoms with Gasteiger partial charge in [0.25, 0.3) is 0 Å². The molecule has 0 aliphatic rings. The molecule has 3 nitrogen and oxygen atoms in total. The summed E-state index contributed by atoms with van der Waals surface area (Å²) in [4.78, 5) is 2.39. The van der Waals surface area contributed by atoms with Crippen molar-refractivity contribution in [1.29, 1.82) is 0 Å². The lowest BCUT2D eigenvalue weighted by atomic mass is 10.4. The second-order valence-corrected chi connectivity index (χ2v) is 2.57. The fourth-order valence-electron chi connectivity index (χ4n) is 1.00. The SMILES string of the molecule is CCN(CC)CCNCCN.Cl. The van der Waals surface area contributed by atoms with E-state index in [1.54, 1.807) is 0 Å². The minimum Gasteiger partial charge on any atom is -0.329 e. The van der Waals surface area contributed by atoms with Crippen LogP contribution in [0.15, 0.2) is 0 Å². The predicted molar refractivity (Wildman–Crippen MR) is 57.0 cm³/mol. The van der Waals surface area contributed by atoms with Crippen molar-refractivity contribution in [2.75, 3.05) is 39.3 Å². The number of nitrogens with zero attached hydrogens (tertiary/aromatic N) is 1. The minimum atomic E-state index is 0. The van der Waals surface area contributed by atoms with E-state index < -0.39 is 0 Å².